The minimum atomic E-state index is 0.0111. The Morgan fingerprint density at radius 2 is 2.37 bits per heavy atom. The summed E-state index contributed by atoms with van der Waals surface area (Å²) in [7, 11) is 0. The number of oxime groups is 1. The van der Waals surface area contributed by atoms with E-state index in [1.807, 2.05) is 18.4 Å². The molecule has 0 spiro atoms. The maximum absolute atomic E-state index is 8.61. The molecule has 2 heterocycles. The van der Waals surface area contributed by atoms with Crippen LogP contribution in [0.4, 0.5) is 0 Å². The van der Waals surface area contributed by atoms with Gasteiger partial charge in [0.25, 0.3) is 0 Å². The number of nitrogens with two attached hydrogens (primary N) is 1. The van der Waals surface area contributed by atoms with E-state index >= 15 is 0 Å². The smallest absolute Gasteiger partial charge is 0.188 e. The fraction of sp³-hybridized carbons (Fsp3) is 0.250. The molecule has 0 aliphatic heterocycles. The zero-order valence-corrected chi connectivity index (χ0v) is 11.3. The normalized spacial score (nSPS) is 11.7. The lowest BCUT2D eigenvalue weighted by Gasteiger charge is -2.04. The number of nitrogens with zero attached hydrogens (tertiary/aromatic N) is 3. The Bertz CT molecular complexity index is 581. The van der Waals surface area contributed by atoms with Gasteiger partial charge in [-0.25, -0.2) is 4.98 Å². The van der Waals surface area contributed by atoms with E-state index in [1.54, 1.807) is 23.6 Å². The van der Waals surface area contributed by atoms with Crippen LogP contribution in [0.25, 0.3) is 0 Å². The van der Waals surface area contributed by atoms with E-state index in [1.165, 1.54) is 0 Å². The highest BCUT2D eigenvalue weighted by Crippen LogP contribution is 2.08. The van der Waals surface area contributed by atoms with Gasteiger partial charge in [-0.15, -0.1) is 11.3 Å². The first-order valence-electron chi connectivity index (χ1n) is 5.73. The summed E-state index contributed by atoms with van der Waals surface area (Å²) in [6, 6.07) is 3.67. The van der Waals surface area contributed by atoms with Crippen LogP contribution in [-0.2, 0) is 13.1 Å². The molecule has 6 nitrogen and oxygen atoms in total. The lowest BCUT2D eigenvalue weighted by atomic mass is 10.2. The molecule has 4 N–H and O–H groups in total. The third kappa shape index (κ3) is 3.73. The van der Waals surface area contributed by atoms with E-state index in [4.69, 9.17) is 10.9 Å². The highest BCUT2D eigenvalue weighted by Gasteiger charge is 2.03. The first-order chi connectivity index (χ1) is 9.19. The number of aromatic nitrogens is 2. The molecule has 0 saturated heterocycles. The second-order valence-corrected chi connectivity index (χ2v) is 5.06. The maximum atomic E-state index is 8.61. The SMILES string of the molecule is Cc1nc(CNCc2ccnc(C(N)=NO)c2)cs1. The number of thiazole rings is 1. The molecule has 0 amide bonds. The molecule has 100 valence electrons. The third-order valence-corrected chi connectivity index (χ3v) is 3.32. The zero-order valence-electron chi connectivity index (χ0n) is 10.5. The van der Waals surface area contributed by atoms with Crippen LogP contribution in [0.15, 0.2) is 28.9 Å². The molecule has 0 radical (unpaired) electrons. The summed E-state index contributed by atoms with van der Waals surface area (Å²) in [6.45, 7) is 3.37. The second kappa shape index (κ2) is 6.26. The lowest BCUT2D eigenvalue weighted by molar-refractivity contribution is 0.318. The molecule has 7 heteroatoms. The van der Waals surface area contributed by atoms with E-state index < -0.39 is 0 Å². The van der Waals surface area contributed by atoms with Crippen molar-refractivity contribution >= 4 is 17.2 Å². The maximum Gasteiger partial charge on any atom is 0.188 e. The molecule has 0 unspecified atom stereocenters. The molecule has 2 rings (SSSR count). The summed E-state index contributed by atoms with van der Waals surface area (Å²) in [6.07, 6.45) is 1.64. The Labute approximate surface area is 115 Å². The summed E-state index contributed by atoms with van der Waals surface area (Å²) >= 11 is 1.64. The molecule has 0 bridgehead atoms. The van der Waals surface area contributed by atoms with Crippen molar-refractivity contribution in [3.63, 3.8) is 0 Å². The Kier molecular flexibility index (Phi) is 4.43. The van der Waals surface area contributed by atoms with Gasteiger partial charge >= 0.3 is 0 Å². The molecule has 0 aliphatic carbocycles. The van der Waals surface area contributed by atoms with Gasteiger partial charge in [-0.1, -0.05) is 5.16 Å². The molecule has 0 saturated carbocycles. The van der Waals surface area contributed by atoms with E-state index in [0.717, 1.165) is 16.3 Å². The average Bonchev–Trinajstić information content (AvgIpc) is 2.84. The number of aryl methyl sites for hydroxylation is 1. The topological polar surface area (TPSA) is 96.4 Å². The van der Waals surface area contributed by atoms with Gasteiger partial charge in [0.05, 0.1) is 10.7 Å². The first kappa shape index (κ1) is 13.4. The molecule has 0 fully saturated rings. The molecule has 0 atom stereocenters. The number of nitrogens with one attached hydrogen (secondary N) is 1. The summed E-state index contributed by atoms with van der Waals surface area (Å²) in [5.41, 5.74) is 8.01. The number of rotatable bonds is 5. The van der Waals surface area contributed by atoms with Gasteiger partial charge in [0.1, 0.15) is 5.69 Å². The Balaban J connectivity index is 1.92. The lowest BCUT2D eigenvalue weighted by Crippen LogP contribution is -2.17. The van der Waals surface area contributed by atoms with E-state index in [0.29, 0.717) is 18.8 Å². The van der Waals surface area contributed by atoms with Crippen molar-refractivity contribution in [3.05, 3.63) is 45.7 Å². The van der Waals surface area contributed by atoms with Crippen molar-refractivity contribution in [2.75, 3.05) is 0 Å². The van der Waals surface area contributed by atoms with Gasteiger partial charge in [0.2, 0.25) is 0 Å². The number of pyridine rings is 1. The van der Waals surface area contributed by atoms with Gasteiger partial charge in [-0.05, 0) is 24.6 Å². The molecule has 0 aromatic carbocycles. The standard InChI is InChI=1S/C12H15N5OS/c1-8-16-10(7-19-8)6-14-5-9-2-3-15-11(4-9)12(13)17-18/h2-4,7,14,18H,5-6H2,1H3,(H2,13,17). The molecular weight excluding hydrogens is 262 g/mol. The number of hydrogen-bond donors (Lipinski definition) is 3. The van der Waals surface area contributed by atoms with E-state index in [2.05, 4.69) is 20.4 Å². The minimum absolute atomic E-state index is 0.0111. The molecule has 0 aliphatic rings. The predicted octanol–water partition coefficient (Wildman–Crippen LogP) is 1.23. The summed E-state index contributed by atoms with van der Waals surface area (Å²) < 4.78 is 0. The largest absolute Gasteiger partial charge is 0.409 e. The number of amidine groups is 1. The van der Waals surface area contributed by atoms with Crippen LogP contribution >= 0.6 is 11.3 Å². The van der Waals surface area contributed by atoms with Crippen LogP contribution in [0.1, 0.15) is 22.0 Å². The predicted molar refractivity (Wildman–Crippen MR) is 74.1 cm³/mol. The van der Waals surface area contributed by atoms with Crippen molar-refractivity contribution < 1.29 is 5.21 Å². The van der Waals surface area contributed by atoms with Crippen LogP contribution in [0.5, 0.6) is 0 Å². The molecular formula is C12H15N5OS. The second-order valence-electron chi connectivity index (χ2n) is 4.00. The van der Waals surface area contributed by atoms with E-state index in [9.17, 15) is 0 Å². The first-order valence-corrected chi connectivity index (χ1v) is 6.61. The van der Waals surface area contributed by atoms with Gasteiger partial charge in [-0.2, -0.15) is 0 Å². The summed E-state index contributed by atoms with van der Waals surface area (Å²) in [5, 5.41) is 17.9. The van der Waals surface area contributed by atoms with E-state index in [-0.39, 0.29) is 5.84 Å². The van der Waals surface area contributed by atoms with Gasteiger partial charge in [0, 0.05) is 24.7 Å². The fourth-order valence-electron chi connectivity index (χ4n) is 1.60. The van der Waals surface area contributed by atoms with Gasteiger partial charge < -0.3 is 16.3 Å². The van der Waals surface area contributed by atoms with Crippen LogP contribution < -0.4 is 11.1 Å². The highest BCUT2D eigenvalue weighted by molar-refractivity contribution is 7.09. The quantitative estimate of drug-likeness (QED) is 0.330. The van der Waals surface area contributed by atoms with Crippen LogP contribution in [-0.4, -0.2) is 21.0 Å². The van der Waals surface area contributed by atoms with Crippen LogP contribution in [0.3, 0.4) is 0 Å². The van der Waals surface area contributed by atoms with Crippen LogP contribution in [0.2, 0.25) is 0 Å². The fourth-order valence-corrected chi connectivity index (χ4v) is 2.21. The Hall–Kier alpha value is -1.99. The molecule has 2 aromatic heterocycles. The van der Waals surface area contributed by atoms with Crippen molar-refractivity contribution in [1.29, 1.82) is 0 Å². The summed E-state index contributed by atoms with van der Waals surface area (Å²) in [5.74, 6) is 0.0111. The van der Waals surface area contributed by atoms with Crippen molar-refractivity contribution in [2.24, 2.45) is 10.9 Å². The average molecular weight is 277 g/mol. The molecule has 2 aromatic rings. The summed E-state index contributed by atoms with van der Waals surface area (Å²) in [4.78, 5) is 8.40. The monoisotopic (exact) mass is 277 g/mol. The van der Waals surface area contributed by atoms with Crippen molar-refractivity contribution in [3.8, 4) is 0 Å². The third-order valence-electron chi connectivity index (χ3n) is 2.50. The Morgan fingerprint density at radius 3 is 3.05 bits per heavy atom. The Morgan fingerprint density at radius 1 is 1.53 bits per heavy atom. The van der Waals surface area contributed by atoms with Gasteiger partial charge in [-0.3, -0.25) is 4.98 Å². The van der Waals surface area contributed by atoms with Crippen molar-refractivity contribution in [2.45, 2.75) is 20.0 Å². The zero-order chi connectivity index (χ0) is 13.7. The number of hydrogen-bond acceptors (Lipinski definition) is 6. The minimum Gasteiger partial charge on any atom is -0.409 e. The highest BCUT2D eigenvalue weighted by atomic mass is 32.1. The van der Waals surface area contributed by atoms with Crippen LogP contribution in [0, 0.1) is 6.92 Å². The van der Waals surface area contributed by atoms with Gasteiger partial charge in [0.15, 0.2) is 5.84 Å². The molecule has 19 heavy (non-hydrogen) atoms. The van der Waals surface area contributed by atoms with Crippen molar-refractivity contribution in [1.82, 2.24) is 15.3 Å².